The Morgan fingerprint density at radius 2 is 1.89 bits per heavy atom. The summed E-state index contributed by atoms with van der Waals surface area (Å²) in [5.41, 5.74) is 2.07. The molecule has 0 aliphatic carbocycles. The van der Waals surface area contributed by atoms with E-state index in [4.69, 9.17) is 0 Å². The van der Waals surface area contributed by atoms with Crippen LogP contribution in [-0.4, -0.2) is 30.8 Å². The van der Waals surface area contributed by atoms with Gasteiger partial charge >= 0.3 is 0 Å². The Bertz CT molecular complexity index is 1280. The lowest BCUT2D eigenvalue weighted by Crippen LogP contribution is -2.20. The highest BCUT2D eigenvalue weighted by molar-refractivity contribution is 9.10. The number of aromatic nitrogens is 4. The zero-order valence-corrected chi connectivity index (χ0v) is 16.8. The first kappa shape index (κ1) is 18.1. The van der Waals surface area contributed by atoms with E-state index in [2.05, 4.69) is 31.1 Å². The number of aryl methyl sites for hydroxylation is 2. The van der Waals surface area contributed by atoms with Crippen LogP contribution in [0.5, 0.6) is 5.88 Å². The second-order valence-corrected chi connectivity index (χ2v) is 7.17. The average Bonchev–Trinajstić information content (AvgIpc) is 2.97. The maximum absolute atomic E-state index is 12.8. The molecule has 28 heavy (non-hydrogen) atoms. The summed E-state index contributed by atoms with van der Waals surface area (Å²) in [5.74, 6) is 0.401. The predicted molar refractivity (Wildman–Crippen MR) is 111 cm³/mol. The predicted octanol–water partition coefficient (Wildman–Crippen LogP) is 3.55. The molecule has 0 saturated heterocycles. The molecule has 0 spiro atoms. The van der Waals surface area contributed by atoms with Gasteiger partial charge in [0.25, 0.3) is 5.56 Å². The quantitative estimate of drug-likeness (QED) is 0.496. The van der Waals surface area contributed by atoms with Gasteiger partial charge in [-0.2, -0.15) is 14.9 Å². The van der Waals surface area contributed by atoms with Crippen molar-refractivity contribution in [1.29, 1.82) is 0 Å². The first-order valence-corrected chi connectivity index (χ1v) is 9.32. The summed E-state index contributed by atoms with van der Waals surface area (Å²) in [6.07, 6.45) is 1.43. The van der Waals surface area contributed by atoms with Crippen molar-refractivity contribution in [2.24, 2.45) is 5.10 Å². The summed E-state index contributed by atoms with van der Waals surface area (Å²) in [6.45, 7) is 3.48. The largest absolute Gasteiger partial charge is 0.493 e. The van der Waals surface area contributed by atoms with Gasteiger partial charge in [-0.25, -0.2) is 9.67 Å². The Labute approximate surface area is 168 Å². The lowest BCUT2D eigenvalue weighted by molar-refractivity contribution is 0.433. The van der Waals surface area contributed by atoms with Gasteiger partial charge in [0.2, 0.25) is 5.88 Å². The van der Waals surface area contributed by atoms with E-state index in [0.717, 1.165) is 10.2 Å². The standard InChI is InChI=1S/C20H16BrN5O2/c1-12-17(20(28)26(24-12)15-6-4-3-5-7-15)11-22-25-13(2)23-18-9-8-14(21)10-16(18)19(25)27/h3-11,28H,1-2H3. The molecular weight excluding hydrogens is 422 g/mol. The molecule has 0 unspecified atom stereocenters. The number of hydrogen-bond donors (Lipinski definition) is 1. The molecule has 4 rings (SSSR count). The van der Waals surface area contributed by atoms with Crippen molar-refractivity contribution >= 4 is 33.0 Å². The van der Waals surface area contributed by atoms with Crippen LogP contribution in [-0.2, 0) is 0 Å². The minimum absolute atomic E-state index is 0.0466. The van der Waals surface area contributed by atoms with Crippen molar-refractivity contribution in [1.82, 2.24) is 19.4 Å². The SMILES string of the molecule is Cc1nn(-c2ccccc2)c(O)c1C=Nn1c(C)nc2ccc(Br)cc2c1=O. The molecule has 2 heterocycles. The molecule has 0 aliphatic rings. The fourth-order valence-corrected chi connectivity index (χ4v) is 3.30. The fourth-order valence-electron chi connectivity index (χ4n) is 2.94. The highest BCUT2D eigenvalue weighted by atomic mass is 79.9. The lowest BCUT2D eigenvalue weighted by Gasteiger charge is -2.05. The normalized spacial score (nSPS) is 11.5. The van der Waals surface area contributed by atoms with Gasteiger partial charge in [0.15, 0.2) is 0 Å². The molecule has 0 aliphatic heterocycles. The second kappa shape index (κ2) is 7.05. The van der Waals surface area contributed by atoms with E-state index in [1.807, 2.05) is 36.4 Å². The number of benzene rings is 2. The molecule has 2 aromatic heterocycles. The Hall–Kier alpha value is -3.26. The molecular formula is C20H16BrN5O2. The molecule has 4 aromatic rings. The van der Waals surface area contributed by atoms with Crippen LogP contribution in [0.4, 0.5) is 0 Å². The van der Waals surface area contributed by atoms with Crippen molar-refractivity contribution < 1.29 is 5.11 Å². The molecule has 1 N–H and O–H groups in total. The van der Waals surface area contributed by atoms with Crippen molar-refractivity contribution in [3.05, 3.63) is 80.4 Å². The summed E-state index contributed by atoms with van der Waals surface area (Å²) in [5, 5.41) is 19.7. The monoisotopic (exact) mass is 437 g/mol. The fraction of sp³-hybridized carbons (Fsp3) is 0.100. The summed E-state index contributed by atoms with van der Waals surface area (Å²) < 4.78 is 3.44. The zero-order valence-electron chi connectivity index (χ0n) is 15.2. The third kappa shape index (κ3) is 3.11. The zero-order chi connectivity index (χ0) is 19.8. The molecule has 0 radical (unpaired) electrons. The topological polar surface area (TPSA) is 85.3 Å². The Morgan fingerprint density at radius 3 is 2.64 bits per heavy atom. The molecule has 7 nitrogen and oxygen atoms in total. The third-order valence-corrected chi connectivity index (χ3v) is 4.85. The highest BCUT2D eigenvalue weighted by Gasteiger charge is 2.14. The number of para-hydroxylation sites is 1. The smallest absolute Gasteiger partial charge is 0.282 e. The summed E-state index contributed by atoms with van der Waals surface area (Å²) >= 11 is 3.37. The third-order valence-electron chi connectivity index (χ3n) is 4.35. The van der Waals surface area contributed by atoms with Gasteiger partial charge < -0.3 is 5.11 Å². The Morgan fingerprint density at radius 1 is 1.14 bits per heavy atom. The van der Waals surface area contributed by atoms with Crippen LogP contribution in [0.25, 0.3) is 16.6 Å². The van der Waals surface area contributed by atoms with Gasteiger partial charge in [0.1, 0.15) is 5.82 Å². The molecule has 0 fully saturated rings. The van der Waals surface area contributed by atoms with Crippen LogP contribution < -0.4 is 5.56 Å². The van der Waals surface area contributed by atoms with E-state index < -0.39 is 0 Å². The highest BCUT2D eigenvalue weighted by Crippen LogP contribution is 2.23. The van der Waals surface area contributed by atoms with Crippen LogP contribution >= 0.6 is 15.9 Å². The van der Waals surface area contributed by atoms with E-state index in [1.165, 1.54) is 15.6 Å². The molecule has 0 bridgehead atoms. The number of halogens is 1. The van der Waals surface area contributed by atoms with Crippen molar-refractivity contribution in [3.63, 3.8) is 0 Å². The molecule has 8 heteroatoms. The number of hydrogen-bond acceptors (Lipinski definition) is 5. The molecule has 0 atom stereocenters. The lowest BCUT2D eigenvalue weighted by atomic mass is 10.2. The van der Waals surface area contributed by atoms with E-state index >= 15 is 0 Å². The van der Waals surface area contributed by atoms with Crippen LogP contribution in [0, 0.1) is 13.8 Å². The summed E-state index contributed by atoms with van der Waals surface area (Å²) in [4.78, 5) is 17.3. The van der Waals surface area contributed by atoms with Gasteiger partial charge in [0.05, 0.1) is 34.1 Å². The summed E-state index contributed by atoms with van der Waals surface area (Å²) in [6, 6.07) is 14.6. The number of rotatable bonds is 3. The van der Waals surface area contributed by atoms with E-state index in [-0.39, 0.29) is 11.4 Å². The number of aromatic hydroxyl groups is 1. The van der Waals surface area contributed by atoms with Crippen molar-refractivity contribution in [3.8, 4) is 11.6 Å². The van der Waals surface area contributed by atoms with Gasteiger partial charge in [0, 0.05) is 4.47 Å². The van der Waals surface area contributed by atoms with Crippen molar-refractivity contribution in [2.45, 2.75) is 13.8 Å². The van der Waals surface area contributed by atoms with Gasteiger partial charge in [-0.3, -0.25) is 4.79 Å². The van der Waals surface area contributed by atoms with Crippen LogP contribution in [0.2, 0.25) is 0 Å². The first-order chi connectivity index (χ1) is 13.5. The van der Waals surface area contributed by atoms with E-state index in [1.54, 1.807) is 26.0 Å². The van der Waals surface area contributed by atoms with Crippen LogP contribution in [0.15, 0.2) is 62.9 Å². The van der Waals surface area contributed by atoms with Gasteiger partial charge in [-0.15, -0.1) is 0 Å². The maximum atomic E-state index is 12.8. The first-order valence-electron chi connectivity index (χ1n) is 8.53. The van der Waals surface area contributed by atoms with Gasteiger partial charge in [-0.1, -0.05) is 34.1 Å². The number of fused-ring (bicyclic) bond motifs is 1. The molecule has 2 aromatic carbocycles. The summed E-state index contributed by atoms with van der Waals surface area (Å²) in [7, 11) is 0. The Kier molecular flexibility index (Phi) is 4.56. The minimum Gasteiger partial charge on any atom is -0.493 e. The van der Waals surface area contributed by atoms with Crippen LogP contribution in [0.3, 0.4) is 0 Å². The van der Waals surface area contributed by atoms with E-state index in [9.17, 15) is 9.90 Å². The Balaban J connectivity index is 1.80. The molecule has 0 amide bonds. The molecule has 0 saturated carbocycles. The average molecular weight is 438 g/mol. The second-order valence-electron chi connectivity index (χ2n) is 6.25. The molecule has 140 valence electrons. The van der Waals surface area contributed by atoms with Crippen molar-refractivity contribution in [2.75, 3.05) is 0 Å². The number of nitrogens with zero attached hydrogens (tertiary/aromatic N) is 5. The van der Waals surface area contributed by atoms with E-state index in [0.29, 0.717) is 28.0 Å². The minimum atomic E-state index is -0.285. The van der Waals surface area contributed by atoms with Gasteiger partial charge in [-0.05, 0) is 44.2 Å². The van der Waals surface area contributed by atoms with Crippen LogP contribution in [0.1, 0.15) is 17.1 Å². The maximum Gasteiger partial charge on any atom is 0.282 e.